The van der Waals surface area contributed by atoms with Crippen LogP contribution >= 0.6 is 24.0 Å². The van der Waals surface area contributed by atoms with Crippen LogP contribution < -0.4 is 10.6 Å². The summed E-state index contributed by atoms with van der Waals surface area (Å²) in [6.07, 6.45) is 9.88. The van der Waals surface area contributed by atoms with Gasteiger partial charge in [-0.1, -0.05) is 19.3 Å². The van der Waals surface area contributed by atoms with Crippen molar-refractivity contribution in [3.8, 4) is 0 Å². The van der Waals surface area contributed by atoms with Gasteiger partial charge >= 0.3 is 0 Å². The Balaban J connectivity index is 0.00000312. The van der Waals surface area contributed by atoms with Gasteiger partial charge in [0.15, 0.2) is 5.96 Å². The van der Waals surface area contributed by atoms with Gasteiger partial charge in [0.25, 0.3) is 0 Å². The molecule has 3 N–H and O–H groups in total. The Morgan fingerprint density at radius 1 is 1.24 bits per heavy atom. The third-order valence-corrected chi connectivity index (χ3v) is 5.86. The molecule has 0 radical (unpaired) electrons. The Labute approximate surface area is 171 Å². The molecule has 6 heteroatoms. The highest BCUT2D eigenvalue weighted by molar-refractivity contribution is 14.0. The second kappa shape index (κ2) is 11.6. The number of guanidine groups is 1. The lowest BCUT2D eigenvalue weighted by atomic mass is 9.72. The van der Waals surface area contributed by atoms with Gasteiger partial charge in [0.2, 0.25) is 0 Å². The Kier molecular flexibility index (Phi) is 10.6. The summed E-state index contributed by atoms with van der Waals surface area (Å²) in [4.78, 5) is 7.36. The molecular formula is C19H39IN4O. The van der Waals surface area contributed by atoms with E-state index in [1.54, 1.807) is 0 Å². The lowest BCUT2D eigenvalue weighted by Gasteiger charge is -2.36. The van der Waals surface area contributed by atoms with Crippen LogP contribution in [0, 0.1) is 5.41 Å². The van der Waals surface area contributed by atoms with Gasteiger partial charge in [0.1, 0.15) is 0 Å². The minimum Gasteiger partial charge on any atom is -0.396 e. The smallest absolute Gasteiger partial charge is 0.191 e. The fourth-order valence-corrected chi connectivity index (χ4v) is 3.84. The predicted octanol–water partition coefficient (Wildman–Crippen LogP) is 2.98. The maximum atomic E-state index is 9.46. The average molecular weight is 466 g/mol. The van der Waals surface area contributed by atoms with Gasteiger partial charge in [-0.15, -0.1) is 24.0 Å². The first kappa shape index (κ1) is 23.0. The summed E-state index contributed by atoms with van der Waals surface area (Å²) in [5.74, 6) is 0.927. The highest BCUT2D eigenvalue weighted by Gasteiger charge is 2.31. The summed E-state index contributed by atoms with van der Waals surface area (Å²) in [7, 11) is 2.23. The van der Waals surface area contributed by atoms with E-state index in [0.29, 0.717) is 6.04 Å². The zero-order valence-electron chi connectivity index (χ0n) is 16.4. The summed E-state index contributed by atoms with van der Waals surface area (Å²) >= 11 is 0. The number of halogens is 1. The van der Waals surface area contributed by atoms with E-state index in [1.165, 1.54) is 44.9 Å². The molecule has 0 bridgehead atoms. The molecule has 2 aliphatic carbocycles. The lowest BCUT2D eigenvalue weighted by Crippen LogP contribution is -2.46. The minimum absolute atomic E-state index is 0. The van der Waals surface area contributed by atoms with Crippen LogP contribution in [0.1, 0.15) is 65.2 Å². The number of nitrogens with zero attached hydrogens (tertiary/aromatic N) is 2. The zero-order chi connectivity index (χ0) is 17.4. The fraction of sp³-hybridized carbons (Fsp3) is 0.947. The molecule has 148 valence electrons. The van der Waals surface area contributed by atoms with Crippen molar-refractivity contribution in [2.75, 3.05) is 33.3 Å². The van der Waals surface area contributed by atoms with Gasteiger partial charge in [-0.2, -0.15) is 0 Å². The number of hydrogen-bond acceptors (Lipinski definition) is 3. The Hall–Kier alpha value is -0.0800. The van der Waals surface area contributed by atoms with Gasteiger partial charge in [0.05, 0.1) is 0 Å². The third-order valence-electron chi connectivity index (χ3n) is 5.86. The van der Waals surface area contributed by atoms with Crippen LogP contribution in [0.5, 0.6) is 0 Å². The van der Waals surface area contributed by atoms with E-state index in [1.807, 2.05) is 0 Å². The fourth-order valence-electron chi connectivity index (χ4n) is 3.84. The third kappa shape index (κ3) is 7.59. The maximum absolute atomic E-state index is 9.46. The van der Waals surface area contributed by atoms with E-state index in [4.69, 9.17) is 4.99 Å². The van der Waals surface area contributed by atoms with Crippen LogP contribution in [0.2, 0.25) is 0 Å². The summed E-state index contributed by atoms with van der Waals surface area (Å²) in [5.41, 5.74) is 0.214. The first-order chi connectivity index (χ1) is 11.6. The number of rotatable bonds is 9. The van der Waals surface area contributed by atoms with Crippen LogP contribution in [0.15, 0.2) is 4.99 Å². The van der Waals surface area contributed by atoms with Crippen molar-refractivity contribution in [1.82, 2.24) is 15.5 Å². The van der Waals surface area contributed by atoms with E-state index in [9.17, 15) is 5.11 Å². The lowest BCUT2D eigenvalue weighted by molar-refractivity contribution is 0.137. The standard InChI is InChI=1S/C19H38N4O.HI/c1-4-20-18(21-14-16(2)23(3)17-8-9-17)22-15-19(12-13-24)10-6-5-7-11-19;/h16-17,24H,4-15H2,1-3H3,(H2,20,21,22);1H. The summed E-state index contributed by atoms with van der Waals surface area (Å²) in [6, 6.07) is 1.30. The molecule has 5 nitrogen and oxygen atoms in total. The molecule has 2 aliphatic rings. The van der Waals surface area contributed by atoms with E-state index < -0.39 is 0 Å². The predicted molar refractivity (Wildman–Crippen MR) is 117 cm³/mol. The average Bonchev–Trinajstić information content (AvgIpc) is 3.42. The van der Waals surface area contributed by atoms with Crippen LogP contribution in [0.25, 0.3) is 0 Å². The van der Waals surface area contributed by atoms with Crippen molar-refractivity contribution < 1.29 is 5.11 Å². The van der Waals surface area contributed by atoms with Crippen molar-refractivity contribution in [3.05, 3.63) is 0 Å². The first-order valence-electron chi connectivity index (χ1n) is 9.95. The van der Waals surface area contributed by atoms with Crippen LogP contribution in [-0.4, -0.2) is 61.3 Å². The van der Waals surface area contributed by atoms with E-state index in [2.05, 4.69) is 36.4 Å². The van der Waals surface area contributed by atoms with E-state index in [-0.39, 0.29) is 36.0 Å². The Bertz CT molecular complexity index is 389. The monoisotopic (exact) mass is 466 g/mol. The van der Waals surface area contributed by atoms with Gasteiger partial charge < -0.3 is 15.7 Å². The number of aliphatic hydroxyl groups excluding tert-OH is 1. The van der Waals surface area contributed by atoms with Gasteiger partial charge in [0, 0.05) is 38.3 Å². The van der Waals surface area contributed by atoms with E-state index in [0.717, 1.165) is 38.1 Å². The van der Waals surface area contributed by atoms with Crippen molar-refractivity contribution in [3.63, 3.8) is 0 Å². The summed E-state index contributed by atoms with van der Waals surface area (Å²) in [6.45, 7) is 7.31. The van der Waals surface area contributed by atoms with Gasteiger partial charge in [-0.25, -0.2) is 0 Å². The molecule has 0 aliphatic heterocycles. The molecule has 0 aromatic carbocycles. The highest BCUT2D eigenvalue weighted by Crippen LogP contribution is 2.39. The normalized spacial score (nSPS) is 21.6. The highest BCUT2D eigenvalue weighted by atomic mass is 127. The molecule has 2 fully saturated rings. The number of nitrogens with one attached hydrogen (secondary N) is 2. The molecule has 0 amide bonds. The maximum Gasteiger partial charge on any atom is 0.191 e. The minimum atomic E-state index is 0. The second-order valence-corrected chi connectivity index (χ2v) is 7.86. The Morgan fingerprint density at radius 2 is 1.92 bits per heavy atom. The molecule has 1 unspecified atom stereocenters. The van der Waals surface area contributed by atoms with Crippen molar-refractivity contribution in [2.24, 2.45) is 10.4 Å². The van der Waals surface area contributed by atoms with Crippen LogP contribution in [-0.2, 0) is 0 Å². The quantitative estimate of drug-likeness (QED) is 0.278. The van der Waals surface area contributed by atoms with E-state index >= 15 is 0 Å². The largest absolute Gasteiger partial charge is 0.396 e. The second-order valence-electron chi connectivity index (χ2n) is 7.86. The molecule has 25 heavy (non-hydrogen) atoms. The molecule has 2 rings (SSSR count). The Morgan fingerprint density at radius 3 is 2.48 bits per heavy atom. The molecule has 2 saturated carbocycles. The molecule has 0 heterocycles. The SMILES string of the molecule is CCNC(=NCC1(CCO)CCCCC1)NCC(C)N(C)C1CC1.I. The van der Waals surface area contributed by atoms with Gasteiger partial charge in [-0.3, -0.25) is 9.89 Å². The number of likely N-dealkylation sites (N-methyl/N-ethyl adjacent to an activating group) is 1. The number of hydrogen-bond donors (Lipinski definition) is 3. The van der Waals surface area contributed by atoms with Crippen molar-refractivity contribution in [2.45, 2.75) is 77.3 Å². The summed E-state index contributed by atoms with van der Waals surface area (Å²) < 4.78 is 0. The number of aliphatic imine (C=N–C) groups is 1. The van der Waals surface area contributed by atoms with Crippen molar-refractivity contribution >= 4 is 29.9 Å². The molecule has 0 spiro atoms. The molecular weight excluding hydrogens is 427 g/mol. The first-order valence-corrected chi connectivity index (χ1v) is 9.95. The van der Waals surface area contributed by atoms with Crippen LogP contribution in [0.3, 0.4) is 0 Å². The van der Waals surface area contributed by atoms with Crippen molar-refractivity contribution in [1.29, 1.82) is 0 Å². The number of aliphatic hydroxyl groups is 1. The molecule has 0 aromatic heterocycles. The molecule has 0 aromatic rings. The van der Waals surface area contributed by atoms with Crippen LogP contribution in [0.4, 0.5) is 0 Å². The molecule has 0 saturated heterocycles. The topological polar surface area (TPSA) is 59.9 Å². The molecule has 1 atom stereocenters. The zero-order valence-corrected chi connectivity index (χ0v) is 18.7. The summed E-state index contributed by atoms with van der Waals surface area (Å²) in [5, 5.41) is 16.4. The van der Waals surface area contributed by atoms with Gasteiger partial charge in [-0.05, 0) is 58.4 Å².